The molecule has 0 fully saturated rings. The van der Waals surface area contributed by atoms with E-state index in [2.05, 4.69) is 20.3 Å². The van der Waals surface area contributed by atoms with Crippen LogP contribution in [0.1, 0.15) is 30.9 Å². The Morgan fingerprint density at radius 2 is 1.96 bits per heavy atom. The third kappa shape index (κ3) is 5.11. The highest BCUT2D eigenvalue weighted by Gasteiger charge is 2.31. The van der Waals surface area contributed by atoms with Crippen LogP contribution in [-0.4, -0.2) is 27.6 Å². The fourth-order valence-corrected chi connectivity index (χ4v) is 2.60. The summed E-state index contributed by atoms with van der Waals surface area (Å²) >= 11 is 12.1. The highest BCUT2D eigenvalue weighted by Crippen LogP contribution is 2.33. The van der Waals surface area contributed by atoms with Gasteiger partial charge in [0.05, 0.1) is 17.8 Å². The Balaban J connectivity index is 2.04. The third-order valence-electron chi connectivity index (χ3n) is 3.37. The second kappa shape index (κ2) is 8.26. The summed E-state index contributed by atoms with van der Waals surface area (Å²) in [6.07, 6.45) is -3.62. The number of aryl methyl sites for hydroxylation is 2. The molecule has 0 unspecified atom stereocenters. The van der Waals surface area contributed by atoms with Crippen molar-refractivity contribution in [3.63, 3.8) is 0 Å². The van der Waals surface area contributed by atoms with E-state index in [0.29, 0.717) is 35.8 Å². The maximum atomic E-state index is 12.6. The number of anilines is 1. The van der Waals surface area contributed by atoms with Crippen molar-refractivity contribution in [2.45, 2.75) is 39.5 Å². The van der Waals surface area contributed by atoms with Crippen LogP contribution in [0.3, 0.4) is 0 Å². The van der Waals surface area contributed by atoms with Crippen LogP contribution in [0.5, 0.6) is 5.88 Å². The zero-order chi connectivity index (χ0) is 19.5. The Labute approximate surface area is 158 Å². The first kappa shape index (κ1) is 20.5. The maximum Gasteiger partial charge on any atom is 0.417 e. The van der Waals surface area contributed by atoms with Crippen molar-refractivity contribution in [3.8, 4) is 5.88 Å². The van der Waals surface area contributed by atoms with E-state index in [-0.39, 0.29) is 10.9 Å². The minimum absolute atomic E-state index is 0.0758. The Morgan fingerprint density at radius 3 is 2.54 bits per heavy atom. The second-order valence-electron chi connectivity index (χ2n) is 5.55. The van der Waals surface area contributed by atoms with E-state index in [1.54, 1.807) is 13.8 Å². The Morgan fingerprint density at radius 1 is 1.27 bits per heavy atom. The molecule has 0 radical (unpaired) electrons. The summed E-state index contributed by atoms with van der Waals surface area (Å²) in [5.41, 5.74) is -0.210. The molecule has 5 nitrogen and oxygen atoms in total. The minimum Gasteiger partial charge on any atom is -0.472 e. The van der Waals surface area contributed by atoms with Gasteiger partial charge in [-0.05, 0) is 26.3 Å². The summed E-state index contributed by atoms with van der Waals surface area (Å²) in [6, 6.07) is 0.780. The number of nitrogens with zero attached hydrogens (tertiary/aromatic N) is 3. The molecule has 0 aliphatic carbocycles. The van der Waals surface area contributed by atoms with Crippen LogP contribution in [0, 0.1) is 6.92 Å². The quantitative estimate of drug-likeness (QED) is 0.732. The molecule has 0 saturated heterocycles. The van der Waals surface area contributed by atoms with Gasteiger partial charge in [-0.2, -0.15) is 13.2 Å². The van der Waals surface area contributed by atoms with Crippen molar-refractivity contribution in [3.05, 3.63) is 39.4 Å². The lowest BCUT2D eigenvalue weighted by Crippen LogP contribution is -2.24. The van der Waals surface area contributed by atoms with Crippen LogP contribution < -0.4 is 10.1 Å². The molecule has 0 aromatic carbocycles. The summed E-state index contributed by atoms with van der Waals surface area (Å²) in [6.45, 7) is 5.69. The van der Waals surface area contributed by atoms with Crippen molar-refractivity contribution >= 4 is 29.0 Å². The van der Waals surface area contributed by atoms with Gasteiger partial charge >= 0.3 is 6.18 Å². The number of alkyl halides is 3. The molecule has 1 atom stereocenters. The molecule has 1 N–H and O–H groups in total. The SMILES string of the molecule is CCc1nc(C)nc(NC[C@@H](C)Oc2ncc(C(F)(F)F)cc2Cl)c1Cl. The molecule has 0 aliphatic rings. The average molecular weight is 409 g/mol. The first-order chi connectivity index (χ1) is 12.1. The first-order valence-electron chi connectivity index (χ1n) is 7.78. The molecule has 0 spiro atoms. The van der Waals surface area contributed by atoms with Crippen LogP contribution in [0.15, 0.2) is 12.3 Å². The van der Waals surface area contributed by atoms with Crippen molar-refractivity contribution in [2.75, 3.05) is 11.9 Å². The normalized spacial score (nSPS) is 12.8. The molecule has 0 aliphatic heterocycles. The van der Waals surface area contributed by atoms with Crippen LogP contribution >= 0.6 is 23.2 Å². The highest BCUT2D eigenvalue weighted by molar-refractivity contribution is 6.33. The minimum atomic E-state index is -4.51. The number of rotatable bonds is 6. The second-order valence-corrected chi connectivity index (χ2v) is 6.34. The molecule has 10 heteroatoms. The van der Waals surface area contributed by atoms with Gasteiger partial charge in [-0.25, -0.2) is 15.0 Å². The molecular weight excluding hydrogens is 392 g/mol. The Bertz CT molecular complexity index is 787. The smallest absolute Gasteiger partial charge is 0.417 e. The number of aromatic nitrogens is 3. The van der Waals surface area contributed by atoms with Gasteiger partial charge < -0.3 is 10.1 Å². The summed E-state index contributed by atoms with van der Waals surface area (Å²) in [5.74, 6) is 0.973. The predicted octanol–water partition coefficient (Wildman–Crippen LogP) is 4.95. The molecule has 2 aromatic heterocycles. The number of hydrogen-bond donors (Lipinski definition) is 1. The number of halogens is 5. The molecular formula is C16H17Cl2F3N4O. The van der Waals surface area contributed by atoms with E-state index in [1.807, 2.05) is 6.92 Å². The molecule has 142 valence electrons. The van der Waals surface area contributed by atoms with Crippen molar-refractivity contribution in [1.82, 2.24) is 15.0 Å². The topological polar surface area (TPSA) is 59.9 Å². The van der Waals surface area contributed by atoms with Crippen LogP contribution in [0.25, 0.3) is 0 Å². The van der Waals surface area contributed by atoms with E-state index in [4.69, 9.17) is 27.9 Å². The lowest BCUT2D eigenvalue weighted by Gasteiger charge is -2.17. The molecule has 2 heterocycles. The lowest BCUT2D eigenvalue weighted by atomic mass is 10.3. The van der Waals surface area contributed by atoms with Gasteiger partial charge in [-0.15, -0.1) is 0 Å². The fraction of sp³-hybridized carbons (Fsp3) is 0.438. The van der Waals surface area contributed by atoms with Gasteiger partial charge in [0.15, 0.2) is 0 Å². The number of pyridine rings is 1. The van der Waals surface area contributed by atoms with E-state index in [9.17, 15) is 13.2 Å². The number of ether oxygens (including phenoxy) is 1. The number of nitrogens with one attached hydrogen (secondary N) is 1. The zero-order valence-corrected chi connectivity index (χ0v) is 15.8. The molecule has 0 saturated carbocycles. The van der Waals surface area contributed by atoms with Gasteiger partial charge in [0.25, 0.3) is 0 Å². The van der Waals surface area contributed by atoms with Crippen molar-refractivity contribution in [1.29, 1.82) is 0 Å². The largest absolute Gasteiger partial charge is 0.472 e. The summed E-state index contributed by atoms with van der Waals surface area (Å²) in [4.78, 5) is 12.1. The van der Waals surface area contributed by atoms with E-state index in [1.165, 1.54) is 0 Å². The zero-order valence-electron chi connectivity index (χ0n) is 14.3. The van der Waals surface area contributed by atoms with Crippen LogP contribution in [0.4, 0.5) is 19.0 Å². The predicted molar refractivity (Wildman–Crippen MR) is 94.0 cm³/mol. The van der Waals surface area contributed by atoms with Gasteiger partial charge in [-0.1, -0.05) is 30.1 Å². The van der Waals surface area contributed by atoms with Gasteiger partial charge in [0, 0.05) is 6.20 Å². The van der Waals surface area contributed by atoms with Gasteiger partial charge in [0.2, 0.25) is 5.88 Å². The van der Waals surface area contributed by atoms with Crippen LogP contribution in [-0.2, 0) is 12.6 Å². The molecule has 0 amide bonds. The highest BCUT2D eigenvalue weighted by atomic mass is 35.5. The fourth-order valence-electron chi connectivity index (χ4n) is 2.11. The Kier molecular flexibility index (Phi) is 6.52. The van der Waals surface area contributed by atoms with Crippen molar-refractivity contribution < 1.29 is 17.9 Å². The first-order valence-corrected chi connectivity index (χ1v) is 8.53. The summed E-state index contributed by atoms with van der Waals surface area (Å²) in [5, 5.41) is 3.26. The summed E-state index contributed by atoms with van der Waals surface area (Å²) in [7, 11) is 0. The molecule has 26 heavy (non-hydrogen) atoms. The average Bonchev–Trinajstić information content (AvgIpc) is 2.56. The monoisotopic (exact) mass is 408 g/mol. The van der Waals surface area contributed by atoms with E-state index < -0.39 is 17.8 Å². The standard InChI is InChI=1S/C16H17Cl2F3N4O/c1-4-12-13(18)14(25-9(3)24-12)22-6-8(2)26-15-11(17)5-10(7-23-15)16(19,20)21/h5,7-8H,4,6H2,1-3H3,(H,22,24,25)/t8-/m1/s1. The van der Waals surface area contributed by atoms with Gasteiger partial charge in [-0.3, -0.25) is 0 Å². The molecule has 2 aromatic rings. The number of hydrogen-bond acceptors (Lipinski definition) is 5. The van der Waals surface area contributed by atoms with E-state index >= 15 is 0 Å². The van der Waals surface area contributed by atoms with Crippen LogP contribution in [0.2, 0.25) is 10.0 Å². The molecule has 2 rings (SSSR count). The molecule has 0 bridgehead atoms. The third-order valence-corrected chi connectivity index (χ3v) is 4.04. The summed E-state index contributed by atoms with van der Waals surface area (Å²) < 4.78 is 43.4. The lowest BCUT2D eigenvalue weighted by molar-refractivity contribution is -0.137. The van der Waals surface area contributed by atoms with E-state index in [0.717, 1.165) is 11.8 Å². The Hall–Kier alpha value is -1.80. The maximum absolute atomic E-state index is 12.6. The van der Waals surface area contributed by atoms with Gasteiger partial charge in [0.1, 0.15) is 27.8 Å². The van der Waals surface area contributed by atoms with Crippen molar-refractivity contribution in [2.24, 2.45) is 0 Å².